The Labute approximate surface area is 166 Å². The Kier molecular flexibility index (Phi) is 8.58. The summed E-state index contributed by atoms with van der Waals surface area (Å²) in [5.74, 6) is -0.168. The third-order valence-electron chi connectivity index (χ3n) is 4.50. The summed E-state index contributed by atoms with van der Waals surface area (Å²) in [6.07, 6.45) is 0.936. The van der Waals surface area contributed by atoms with Crippen LogP contribution in [-0.2, 0) is 20.9 Å². The molecule has 0 N–H and O–H groups in total. The number of carbonyl (C=O) groups is 3. The minimum absolute atomic E-state index is 0.0609. The molecule has 1 saturated heterocycles. The first kappa shape index (κ1) is 21.5. The van der Waals surface area contributed by atoms with Gasteiger partial charge < -0.3 is 24.2 Å². The van der Waals surface area contributed by atoms with E-state index in [1.165, 1.54) is 11.9 Å². The van der Waals surface area contributed by atoms with Gasteiger partial charge in [0.1, 0.15) is 13.2 Å². The van der Waals surface area contributed by atoms with Crippen LogP contribution in [0.5, 0.6) is 0 Å². The molecule has 0 spiro atoms. The third kappa shape index (κ3) is 6.75. The summed E-state index contributed by atoms with van der Waals surface area (Å²) in [4.78, 5) is 40.9. The Balaban J connectivity index is 1.69. The number of nitrogens with zero attached hydrogens (tertiary/aromatic N) is 3. The average Bonchev–Trinajstić information content (AvgIpc) is 2.72. The number of unbranched alkanes of at least 4 members (excludes halogenated alkanes) is 1. The van der Waals surface area contributed by atoms with Crippen molar-refractivity contribution in [1.29, 1.82) is 0 Å². The maximum atomic E-state index is 12.4. The summed E-state index contributed by atoms with van der Waals surface area (Å²) in [5, 5.41) is 0. The summed E-state index contributed by atoms with van der Waals surface area (Å²) in [7, 11) is 1.53. The summed E-state index contributed by atoms with van der Waals surface area (Å²) in [6, 6.07) is 9.36. The molecular formula is C20H29N3O5. The molecule has 0 aliphatic carbocycles. The maximum Gasteiger partial charge on any atom is 0.410 e. The van der Waals surface area contributed by atoms with Gasteiger partial charge in [-0.05, 0) is 12.0 Å². The molecule has 28 heavy (non-hydrogen) atoms. The minimum atomic E-state index is -0.546. The second kappa shape index (κ2) is 11.2. The summed E-state index contributed by atoms with van der Waals surface area (Å²) in [6.45, 7) is 4.27. The fourth-order valence-electron chi connectivity index (χ4n) is 2.73. The Bertz CT molecular complexity index is 645. The van der Waals surface area contributed by atoms with Crippen molar-refractivity contribution < 1.29 is 23.9 Å². The van der Waals surface area contributed by atoms with Crippen LogP contribution >= 0.6 is 0 Å². The first-order valence-electron chi connectivity index (χ1n) is 9.62. The molecule has 1 aromatic rings. The number of rotatable bonds is 7. The summed E-state index contributed by atoms with van der Waals surface area (Å²) in [5.41, 5.74) is 0.887. The lowest BCUT2D eigenvalue weighted by Crippen LogP contribution is -2.52. The highest BCUT2D eigenvalue weighted by atomic mass is 16.6. The van der Waals surface area contributed by atoms with E-state index in [9.17, 15) is 14.4 Å². The van der Waals surface area contributed by atoms with Gasteiger partial charge in [0.05, 0.1) is 6.61 Å². The van der Waals surface area contributed by atoms with Crippen LogP contribution in [-0.4, -0.2) is 79.2 Å². The molecule has 3 amide bonds. The van der Waals surface area contributed by atoms with Crippen molar-refractivity contribution in [1.82, 2.24) is 14.7 Å². The molecule has 2 rings (SSSR count). The summed E-state index contributed by atoms with van der Waals surface area (Å²) >= 11 is 0. The minimum Gasteiger partial charge on any atom is -0.449 e. The van der Waals surface area contributed by atoms with E-state index in [1.807, 2.05) is 37.3 Å². The quantitative estimate of drug-likeness (QED) is 0.667. The lowest BCUT2D eigenvalue weighted by atomic mass is 10.2. The van der Waals surface area contributed by atoms with E-state index in [4.69, 9.17) is 9.47 Å². The molecule has 1 aromatic carbocycles. The van der Waals surface area contributed by atoms with Gasteiger partial charge in [-0.15, -0.1) is 0 Å². The molecule has 1 fully saturated rings. The van der Waals surface area contributed by atoms with Gasteiger partial charge in [-0.3, -0.25) is 4.79 Å². The molecule has 0 saturated carbocycles. The first-order valence-corrected chi connectivity index (χ1v) is 9.62. The number of ether oxygens (including phenoxy) is 2. The van der Waals surface area contributed by atoms with Crippen LogP contribution in [0.2, 0.25) is 0 Å². The highest BCUT2D eigenvalue weighted by Gasteiger charge is 2.26. The van der Waals surface area contributed by atoms with Gasteiger partial charge in [0.2, 0.25) is 5.91 Å². The van der Waals surface area contributed by atoms with E-state index in [0.29, 0.717) is 32.8 Å². The van der Waals surface area contributed by atoms with E-state index in [-0.39, 0.29) is 25.2 Å². The molecule has 0 atom stereocenters. The Morgan fingerprint density at radius 2 is 1.64 bits per heavy atom. The zero-order chi connectivity index (χ0) is 20.4. The number of hydrogen-bond donors (Lipinski definition) is 0. The van der Waals surface area contributed by atoms with Crippen LogP contribution in [0.25, 0.3) is 0 Å². The maximum absolute atomic E-state index is 12.4. The van der Waals surface area contributed by atoms with E-state index < -0.39 is 6.09 Å². The van der Waals surface area contributed by atoms with Crippen molar-refractivity contribution >= 4 is 18.1 Å². The topological polar surface area (TPSA) is 79.4 Å². The number of hydrogen-bond acceptors (Lipinski definition) is 5. The monoisotopic (exact) mass is 391 g/mol. The normalized spacial score (nSPS) is 13.8. The fourth-order valence-corrected chi connectivity index (χ4v) is 2.73. The van der Waals surface area contributed by atoms with Crippen molar-refractivity contribution in [3.05, 3.63) is 35.9 Å². The predicted molar refractivity (Wildman–Crippen MR) is 104 cm³/mol. The Hall–Kier alpha value is -2.77. The number of benzene rings is 1. The van der Waals surface area contributed by atoms with Gasteiger partial charge in [-0.1, -0.05) is 43.7 Å². The van der Waals surface area contributed by atoms with Crippen LogP contribution in [0.3, 0.4) is 0 Å². The average molecular weight is 391 g/mol. The number of amides is 3. The van der Waals surface area contributed by atoms with Gasteiger partial charge in [0, 0.05) is 33.2 Å². The molecule has 0 unspecified atom stereocenters. The van der Waals surface area contributed by atoms with Crippen molar-refractivity contribution in [3.8, 4) is 0 Å². The molecule has 8 nitrogen and oxygen atoms in total. The van der Waals surface area contributed by atoms with Crippen molar-refractivity contribution in [3.63, 3.8) is 0 Å². The SMILES string of the molecule is CCCCOC(=O)N1CCN(C(=O)CN(C)C(=O)OCc2ccccc2)CC1. The van der Waals surface area contributed by atoms with Gasteiger partial charge in [0.15, 0.2) is 0 Å². The van der Waals surface area contributed by atoms with Crippen LogP contribution in [0.4, 0.5) is 9.59 Å². The molecule has 0 aromatic heterocycles. The third-order valence-corrected chi connectivity index (χ3v) is 4.50. The molecule has 1 aliphatic rings. The zero-order valence-corrected chi connectivity index (χ0v) is 16.6. The second-order valence-electron chi connectivity index (χ2n) is 6.73. The fraction of sp³-hybridized carbons (Fsp3) is 0.550. The van der Waals surface area contributed by atoms with Crippen LogP contribution in [0.1, 0.15) is 25.3 Å². The van der Waals surface area contributed by atoms with Crippen molar-refractivity contribution in [2.24, 2.45) is 0 Å². The zero-order valence-electron chi connectivity index (χ0n) is 16.6. The predicted octanol–water partition coefficient (Wildman–Crippen LogP) is 2.34. The van der Waals surface area contributed by atoms with E-state index >= 15 is 0 Å². The van der Waals surface area contributed by atoms with Crippen LogP contribution < -0.4 is 0 Å². The highest BCUT2D eigenvalue weighted by Crippen LogP contribution is 2.07. The number of carbonyl (C=O) groups excluding carboxylic acids is 3. The van der Waals surface area contributed by atoms with Crippen molar-refractivity contribution in [2.45, 2.75) is 26.4 Å². The lowest BCUT2D eigenvalue weighted by molar-refractivity contribution is -0.133. The number of piperazine rings is 1. The van der Waals surface area contributed by atoms with E-state index in [1.54, 1.807) is 9.80 Å². The molecular weight excluding hydrogens is 362 g/mol. The van der Waals surface area contributed by atoms with Gasteiger partial charge >= 0.3 is 12.2 Å². The standard InChI is InChI=1S/C20H29N3O5/c1-3-4-14-27-20(26)23-12-10-22(11-13-23)18(24)15-21(2)19(25)28-16-17-8-6-5-7-9-17/h5-9H,3-4,10-16H2,1-2H3. The number of likely N-dealkylation sites (N-methyl/N-ethyl adjacent to an activating group) is 1. The molecule has 0 radical (unpaired) electrons. The smallest absolute Gasteiger partial charge is 0.410 e. The molecule has 154 valence electrons. The van der Waals surface area contributed by atoms with Gasteiger partial charge in [0.25, 0.3) is 0 Å². The molecule has 0 bridgehead atoms. The summed E-state index contributed by atoms with van der Waals surface area (Å²) < 4.78 is 10.4. The second-order valence-corrected chi connectivity index (χ2v) is 6.73. The van der Waals surface area contributed by atoms with Gasteiger partial charge in [-0.2, -0.15) is 0 Å². The molecule has 1 heterocycles. The lowest BCUT2D eigenvalue weighted by Gasteiger charge is -2.34. The van der Waals surface area contributed by atoms with E-state index in [0.717, 1.165) is 18.4 Å². The highest BCUT2D eigenvalue weighted by molar-refractivity contribution is 5.82. The van der Waals surface area contributed by atoms with Crippen molar-refractivity contribution in [2.75, 3.05) is 46.4 Å². The first-order chi connectivity index (χ1) is 13.5. The molecule has 8 heteroatoms. The Morgan fingerprint density at radius 1 is 1.00 bits per heavy atom. The Morgan fingerprint density at radius 3 is 2.29 bits per heavy atom. The van der Waals surface area contributed by atoms with E-state index in [2.05, 4.69) is 0 Å². The molecule has 1 aliphatic heterocycles. The largest absolute Gasteiger partial charge is 0.449 e. The van der Waals surface area contributed by atoms with Crippen LogP contribution in [0.15, 0.2) is 30.3 Å². The van der Waals surface area contributed by atoms with Gasteiger partial charge in [-0.25, -0.2) is 9.59 Å². The van der Waals surface area contributed by atoms with Crippen LogP contribution in [0, 0.1) is 0 Å².